The van der Waals surface area contributed by atoms with E-state index < -0.39 is 4.92 Å². The van der Waals surface area contributed by atoms with E-state index in [0.717, 1.165) is 11.0 Å². The Labute approximate surface area is 118 Å². The SMILES string of the molecule is O=[N+]([O-])c1cc2c(cc1-c1nc3ccccc3[nH]1)OCO2. The van der Waals surface area contributed by atoms with Crippen LogP contribution in [0.5, 0.6) is 11.5 Å². The van der Waals surface area contributed by atoms with Gasteiger partial charge in [0.1, 0.15) is 5.82 Å². The van der Waals surface area contributed by atoms with Crippen LogP contribution in [0.4, 0.5) is 5.69 Å². The molecule has 21 heavy (non-hydrogen) atoms. The molecule has 0 amide bonds. The number of para-hydroxylation sites is 2. The smallest absolute Gasteiger partial charge is 0.284 e. The minimum Gasteiger partial charge on any atom is -0.454 e. The number of benzene rings is 2. The Bertz CT molecular complexity index is 839. The zero-order valence-corrected chi connectivity index (χ0v) is 10.7. The monoisotopic (exact) mass is 283 g/mol. The van der Waals surface area contributed by atoms with Crippen LogP contribution in [0.3, 0.4) is 0 Å². The average Bonchev–Trinajstić information content (AvgIpc) is 3.11. The summed E-state index contributed by atoms with van der Waals surface area (Å²) in [6, 6.07) is 10.4. The number of nitro groups is 1. The van der Waals surface area contributed by atoms with Crippen LogP contribution in [0, 0.1) is 10.1 Å². The Morgan fingerprint density at radius 1 is 1.19 bits per heavy atom. The van der Waals surface area contributed by atoms with E-state index in [2.05, 4.69) is 9.97 Å². The lowest BCUT2D eigenvalue weighted by molar-refractivity contribution is -0.384. The molecule has 2 heterocycles. The number of ether oxygens (including phenoxy) is 2. The van der Waals surface area contributed by atoms with Gasteiger partial charge in [-0.05, 0) is 12.1 Å². The highest BCUT2D eigenvalue weighted by Crippen LogP contribution is 2.41. The summed E-state index contributed by atoms with van der Waals surface area (Å²) in [6.07, 6.45) is 0. The molecule has 7 nitrogen and oxygen atoms in total. The predicted molar refractivity (Wildman–Crippen MR) is 74.3 cm³/mol. The van der Waals surface area contributed by atoms with Crippen molar-refractivity contribution in [1.29, 1.82) is 0 Å². The van der Waals surface area contributed by atoms with Crippen molar-refractivity contribution in [3.63, 3.8) is 0 Å². The van der Waals surface area contributed by atoms with Gasteiger partial charge >= 0.3 is 0 Å². The summed E-state index contributed by atoms with van der Waals surface area (Å²) in [4.78, 5) is 18.3. The molecule has 0 bridgehead atoms. The van der Waals surface area contributed by atoms with Gasteiger partial charge in [0.25, 0.3) is 5.69 Å². The van der Waals surface area contributed by atoms with E-state index in [-0.39, 0.29) is 12.5 Å². The number of fused-ring (bicyclic) bond motifs is 2. The van der Waals surface area contributed by atoms with Crippen molar-refractivity contribution < 1.29 is 14.4 Å². The highest BCUT2D eigenvalue weighted by Gasteiger charge is 2.25. The molecule has 3 aromatic rings. The number of aromatic amines is 1. The number of nitrogens with one attached hydrogen (secondary N) is 1. The van der Waals surface area contributed by atoms with Crippen molar-refractivity contribution in [2.45, 2.75) is 0 Å². The lowest BCUT2D eigenvalue weighted by atomic mass is 10.1. The number of hydrogen-bond donors (Lipinski definition) is 1. The van der Waals surface area contributed by atoms with Gasteiger partial charge in [0, 0.05) is 6.07 Å². The molecule has 0 unspecified atom stereocenters. The van der Waals surface area contributed by atoms with Crippen LogP contribution in [0.25, 0.3) is 22.4 Å². The number of nitro benzene ring substituents is 1. The molecule has 7 heteroatoms. The van der Waals surface area contributed by atoms with Crippen molar-refractivity contribution in [3.8, 4) is 22.9 Å². The topological polar surface area (TPSA) is 90.3 Å². The molecule has 104 valence electrons. The maximum absolute atomic E-state index is 11.3. The number of hydrogen-bond acceptors (Lipinski definition) is 5. The van der Waals surface area contributed by atoms with Gasteiger partial charge in [0.15, 0.2) is 11.5 Å². The van der Waals surface area contributed by atoms with Crippen LogP contribution in [0.1, 0.15) is 0 Å². The maximum atomic E-state index is 11.3. The van der Waals surface area contributed by atoms with Gasteiger partial charge in [-0.2, -0.15) is 0 Å². The maximum Gasteiger partial charge on any atom is 0.284 e. The summed E-state index contributed by atoms with van der Waals surface area (Å²) in [7, 11) is 0. The van der Waals surface area contributed by atoms with Crippen LogP contribution >= 0.6 is 0 Å². The molecular weight excluding hydrogens is 274 g/mol. The molecule has 1 aliphatic heterocycles. The van der Waals surface area contributed by atoms with Crippen LogP contribution in [0.2, 0.25) is 0 Å². The Kier molecular flexibility index (Phi) is 2.34. The molecule has 1 aromatic heterocycles. The van der Waals surface area contributed by atoms with Crippen LogP contribution in [0.15, 0.2) is 36.4 Å². The summed E-state index contributed by atoms with van der Waals surface area (Å²) in [6.45, 7) is 0.0655. The standard InChI is InChI=1S/C14H9N3O4/c18-17(19)11-6-13-12(20-7-21-13)5-8(11)14-15-9-3-1-2-4-10(9)16-14/h1-6H,7H2,(H,15,16). The quantitative estimate of drug-likeness (QED) is 0.577. The van der Waals surface area contributed by atoms with Gasteiger partial charge < -0.3 is 14.5 Å². The second-order valence-corrected chi connectivity index (χ2v) is 4.58. The molecule has 0 radical (unpaired) electrons. The average molecular weight is 283 g/mol. The summed E-state index contributed by atoms with van der Waals surface area (Å²) in [5.41, 5.74) is 1.87. The van der Waals surface area contributed by atoms with Gasteiger partial charge in [-0.3, -0.25) is 10.1 Å². The molecule has 4 rings (SSSR count). The second-order valence-electron chi connectivity index (χ2n) is 4.58. The predicted octanol–water partition coefficient (Wildman–Crippen LogP) is 2.87. The van der Waals surface area contributed by atoms with Crippen molar-refractivity contribution in [3.05, 3.63) is 46.5 Å². The second kappa shape index (κ2) is 4.20. The highest BCUT2D eigenvalue weighted by molar-refractivity contribution is 5.82. The Hall–Kier alpha value is -3.09. The van der Waals surface area contributed by atoms with E-state index >= 15 is 0 Å². The number of H-pyrrole nitrogens is 1. The molecule has 1 aliphatic rings. The molecular formula is C14H9N3O4. The first-order valence-electron chi connectivity index (χ1n) is 6.25. The molecule has 0 atom stereocenters. The van der Waals surface area contributed by atoms with Crippen molar-refractivity contribution in [2.75, 3.05) is 6.79 Å². The van der Waals surface area contributed by atoms with Crippen LogP contribution in [-0.4, -0.2) is 21.7 Å². The summed E-state index contributed by atoms with van der Waals surface area (Å²) in [5.74, 6) is 1.29. The first kappa shape index (κ1) is 11.7. The van der Waals surface area contributed by atoms with Crippen molar-refractivity contribution in [2.24, 2.45) is 0 Å². The fraction of sp³-hybridized carbons (Fsp3) is 0.0714. The van der Waals surface area contributed by atoms with Crippen molar-refractivity contribution in [1.82, 2.24) is 9.97 Å². The van der Waals surface area contributed by atoms with Gasteiger partial charge in [-0.15, -0.1) is 0 Å². The van der Waals surface area contributed by atoms with E-state index in [4.69, 9.17) is 9.47 Å². The number of nitrogens with zero attached hydrogens (tertiary/aromatic N) is 2. The van der Waals surface area contributed by atoms with E-state index in [1.807, 2.05) is 24.3 Å². The third kappa shape index (κ3) is 1.78. The molecule has 1 N–H and O–H groups in total. The molecule has 0 aliphatic carbocycles. The zero-order valence-electron chi connectivity index (χ0n) is 10.7. The third-order valence-electron chi connectivity index (χ3n) is 3.33. The summed E-state index contributed by atoms with van der Waals surface area (Å²) >= 11 is 0. The summed E-state index contributed by atoms with van der Waals surface area (Å²) in [5, 5.41) is 11.3. The van der Waals surface area contributed by atoms with Gasteiger partial charge in [-0.1, -0.05) is 12.1 Å². The normalized spacial score (nSPS) is 12.8. The zero-order chi connectivity index (χ0) is 14.4. The van der Waals surface area contributed by atoms with E-state index in [1.165, 1.54) is 6.07 Å². The van der Waals surface area contributed by atoms with E-state index in [9.17, 15) is 10.1 Å². The van der Waals surface area contributed by atoms with E-state index in [1.54, 1.807) is 6.07 Å². The lowest BCUT2D eigenvalue weighted by Gasteiger charge is -2.02. The summed E-state index contributed by atoms with van der Waals surface area (Å²) < 4.78 is 10.5. The first-order chi connectivity index (χ1) is 10.2. The lowest BCUT2D eigenvalue weighted by Crippen LogP contribution is -1.93. The van der Waals surface area contributed by atoms with Gasteiger partial charge in [0.2, 0.25) is 6.79 Å². The Morgan fingerprint density at radius 3 is 2.71 bits per heavy atom. The third-order valence-corrected chi connectivity index (χ3v) is 3.33. The highest BCUT2D eigenvalue weighted by atomic mass is 16.7. The fourth-order valence-electron chi connectivity index (χ4n) is 2.35. The molecule has 0 saturated heterocycles. The molecule has 2 aromatic carbocycles. The minimum atomic E-state index is -0.454. The van der Waals surface area contributed by atoms with Crippen LogP contribution in [-0.2, 0) is 0 Å². The Balaban J connectivity index is 1.96. The molecule has 0 spiro atoms. The number of aromatic nitrogens is 2. The first-order valence-corrected chi connectivity index (χ1v) is 6.25. The Morgan fingerprint density at radius 2 is 1.95 bits per heavy atom. The minimum absolute atomic E-state index is 0.0655. The van der Waals surface area contributed by atoms with Gasteiger partial charge in [-0.25, -0.2) is 4.98 Å². The fourth-order valence-corrected chi connectivity index (χ4v) is 2.35. The van der Waals surface area contributed by atoms with Gasteiger partial charge in [0.05, 0.1) is 27.6 Å². The number of rotatable bonds is 2. The largest absolute Gasteiger partial charge is 0.454 e. The van der Waals surface area contributed by atoms with Crippen molar-refractivity contribution >= 4 is 16.7 Å². The van der Waals surface area contributed by atoms with E-state index in [0.29, 0.717) is 22.9 Å². The molecule has 0 saturated carbocycles. The van der Waals surface area contributed by atoms with Crippen LogP contribution < -0.4 is 9.47 Å². The molecule has 0 fully saturated rings. The number of imidazole rings is 1.